The van der Waals surface area contributed by atoms with Crippen molar-refractivity contribution >= 4 is 47.7 Å². The SMILES string of the molecule is CSS.SCCCOCCS. The van der Waals surface area contributed by atoms with E-state index >= 15 is 0 Å². The molecular formula is C6H16OS4. The topological polar surface area (TPSA) is 9.23 Å². The molecular weight excluding hydrogens is 216 g/mol. The molecule has 0 fully saturated rings. The number of hydrogen-bond acceptors (Lipinski definition) is 5. The first-order chi connectivity index (χ1) is 5.33. The molecule has 0 amide bonds. The van der Waals surface area contributed by atoms with Crippen LogP contribution in [-0.2, 0) is 4.74 Å². The van der Waals surface area contributed by atoms with E-state index in [0.29, 0.717) is 0 Å². The third-order valence-corrected chi connectivity index (χ3v) is 1.18. The summed E-state index contributed by atoms with van der Waals surface area (Å²) in [5.74, 6) is 1.72. The fraction of sp³-hybridized carbons (Fsp3) is 1.00. The van der Waals surface area contributed by atoms with Gasteiger partial charge in [-0.2, -0.15) is 25.3 Å². The van der Waals surface area contributed by atoms with Gasteiger partial charge in [-0.3, -0.25) is 0 Å². The Morgan fingerprint density at radius 3 is 2.09 bits per heavy atom. The molecule has 0 aliphatic carbocycles. The number of rotatable bonds is 5. The van der Waals surface area contributed by atoms with E-state index < -0.39 is 0 Å². The van der Waals surface area contributed by atoms with Crippen molar-refractivity contribution in [3.63, 3.8) is 0 Å². The Labute approximate surface area is 89.7 Å². The first-order valence-electron chi connectivity index (χ1n) is 3.30. The standard InChI is InChI=1S/C5H12OS2.CH4S2/c7-4-1-2-6-3-5-8;1-3-2/h7-8H,1-5H2;2H,1H3. The largest absolute Gasteiger partial charge is 0.381 e. The van der Waals surface area contributed by atoms with Crippen LogP contribution in [0.4, 0.5) is 0 Å². The molecule has 0 unspecified atom stereocenters. The lowest BCUT2D eigenvalue weighted by molar-refractivity contribution is 0.152. The van der Waals surface area contributed by atoms with E-state index in [1.54, 1.807) is 0 Å². The summed E-state index contributed by atoms with van der Waals surface area (Å²) in [7, 11) is 1.44. The molecule has 0 aliphatic rings. The summed E-state index contributed by atoms with van der Waals surface area (Å²) in [4.78, 5) is 0. The van der Waals surface area contributed by atoms with Crippen molar-refractivity contribution in [2.75, 3.05) is 31.0 Å². The van der Waals surface area contributed by atoms with Crippen molar-refractivity contribution in [1.29, 1.82) is 0 Å². The minimum Gasteiger partial charge on any atom is -0.381 e. The fourth-order valence-corrected chi connectivity index (χ4v) is 0.591. The van der Waals surface area contributed by atoms with Gasteiger partial charge >= 0.3 is 0 Å². The Morgan fingerprint density at radius 1 is 1.18 bits per heavy atom. The van der Waals surface area contributed by atoms with E-state index in [-0.39, 0.29) is 0 Å². The van der Waals surface area contributed by atoms with E-state index in [0.717, 1.165) is 31.1 Å². The second kappa shape index (κ2) is 17.4. The first kappa shape index (κ1) is 14.9. The van der Waals surface area contributed by atoms with Gasteiger partial charge < -0.3 is 4.74 Å². The van der Waals surface area contributed by atoms with E-state index in [2.05, 4.69) is 36.9 Å². The lowest BCUT2D eigenvalue weighted by Gasteiger charge is -1.97. The third kappa shape index (κ3) is 24.6. The van der Waals surface area contributed by atoms with Crippen molar-refractivity contribution in [2.24, 2.45) is 0 Å². The van der Waals surface area contributed by atoms with Gasteiger partial charge in [0.25, 0.3) is 0 Å². The molecule has 0 rings (SSSR count). The van der Waals surface area contributed by atoms with Crippen LogP contribution in [0.3, 0.4) is 0 Å². The van der Waals surface area contributed by atoms with Crippen LogP contribution in [0.25, 0.3) is 0 Å². The van der Waals surface area contributed by atoms with Gasteiger partial charge in [-0.15, -0.1) is 22.5 Å². The minimum atomic E-state index is 0.761. The van der Waals surface area contributed by atoms with Gasteiger partial charge in [0.1, 0.15) is 0 Å². The van der Waals surface area contributed by atoms with Crippen molar-refractivity contribution in [3.05, 3.63) is 0 Å². The Kier molecular flexibility index (Phi) is 23.6. The van der Waals surface area contributed by atoms with Crippen LogP contribution in [0.5, 0.6) is 0 Å². The van der Waals surface area contributed by atoms with E-state index in [1.165, 1.54) is 10.8 Å². The van der Waals surface area contributed by atoms with Crippen LogP contribution in [0.15, 0.2) is 0 Å². The summed E-state index contributed by atoms with van der Waals surface area (Å²) in [6, 6.07) is 0. The first-order valence-corrected chi connectivity index (χ1v) is 6.84. The maximum absolute atomic E-state index is 5.10. The van der Waals surface area contributed by atoms with Gasteiger partial charge in [0.15, 0.2) is 0 Å². The molecule has 0 saturated carbocycles. The second-order valence-corrected chi connectivity index (χ2v) is 3.95. The van der Waals surface area contributed by atoms with Gasteiger partial charge in [0, 0.05) is 12.4 Å². The van der Waals surface area contributed by atoms with Gasteiger partial charge in [0.05, 0.1) is 6.61 Å². The summed E-state index contributed by atoms with van der Waals surface area (Å²) < 4.78 is 5.10. The van der Waals surface area contributed by atoms with Gasteiger partial charge in [0.2, 0.25) is 0 Å². The third-order valence-electron chi connectivity index (χ3n) is 0.682. The molecule has 70 valence electrons. The second-order valence-electron chi connectivity index (χ2n) is 1.60. The number of ether oxygens (including phenoxy) is 1. The molecule has 5 heteroatoms. The Hall–Kier alpha value is 1.36. The Balaban J connectivity index is 0. The summed E-state index contributed by atoms with van der Waals surface area (Å²) >= 11 is 11.7. The zero-order valence-electron chi connectivity index (χ0n) is 6.69. The monoisotopic (exact) mass is 232 g/mol. The van der Waals surface area contributed by atoms with Crippen LogP contribution in [-0.4, -0.2) is 31.0 Å². The molecule has 0 radical (unpaired) electrons. The molecule has 11 heavy (non-hydrogen) atoms. The summed E-state index contributed by atoms with van der Waals surface area (Å²) in [6.45, 7) is 1.58. The molecule has 0 aromatic heterocycles. The molecule has 0 atom stereocenters. The molecule has 0 aliphatic heterocycles. The summed E-state index contributed by atoms with van der Waals surface area (Å²) in [6.07, 6.45) is 2.94. The maximum Gasteiger partial charge on any atom is 0.0554 e. The van der Waals surface area contributed by atoms with Gasteiger partial charge in [-0.25, -0.2) is 0 Å². The zero-order chi connectivity index (χ0) is 8.95. The van der Waals surface area contributed by atoms with Crippen molar-refractivity contribution in [1.82, 2.24) is 0 Å². The molecule has 1 nitrogen and oxygen atoms in total. The highest BCUT2D eigenvalue weighted by atomic mass is 33.1. The molecule has 0 spiro atoms. The average molecular weight is 232 g/mol. The molecule has 0 saturated heterocycles. The highest BCUT2D eigenvalue weighted by Crippen LogP contribution is 1.91. The normalized spacial score (nSPS) is 8.73. The number of thiol groups is 3. The smallest absolute Gasteiger partial charge is 0.0554 e. The van der Waals surface area contributed by atoms with Crippen LogP contribution in [0.1, 0.15) is 6.42 Å². The van der Waals surface area contributed by atoms with Crippen LogP contribution in [0.2, 0.25) is 0 Å². The molecule has 0 aromatic carbocycles. The maximum atomic E-state index is 5.10. The van der Waals surface area contributed by atoms with Crippen molar-refractivity contribution < 1.29 is 4.74 Å². The zero-order valence-corrected chi connectivity index (χ0v) is 10.2. The molecule has 0 aromatic rings. The molecule has 0 bridgehead atoms. The van der Waals surface area contributed by atoms with Crippen LogP contribution < -0.4 is 0 Å². The van der Waals surface area contributed by atoms with Crippen LogP contribution in [0, 0.1) is 0 Å². The van der Waals surface area contributed by atoms with E-state index in [4.69, 9.17) is 4.74 Å². The van der Waals surface area contributed by atoms with E-state index in [1.807, 2.05) is 6.26 Å². The highest BCUT2D eigenvalue weighted by Gasteiger charge is 1.82. The minimum absolute atomic E-state index is 0.761. The summed E-state index contributed by atoms with van der Waals surface area (Å²) in [5, 5.41) is 0. The molecule has 0 N–H and O–H groups in total. The Bertz CT molecular complexity index is 47.8. The van der Waals surface area contributed by atoms with Crippen molar-refractivity contribution in [2.45, 2.75) is 6.42 Å². The number of hydrogen-bond donors (Lipinski definition) is 3. The lowest BCUT2D eigenvalue weighted by Crippen LogP contribution is -1.97. The van der Waals surface area contributed by atoms with E-state index in [9.17, 15) is 0 Å². The predicted molar refractivity (Wildman–Crippen MR) is 65.6 cm³/mol. The van der Waals surface area contributed by atoms with Crippen molar-refractivity contribution in [3.8, 4) is 0 Å². The predicted octanol–water partition coefficient (Wildman–Crippen LogP) is 2.45. The quantitative estimate of drug-likeness (QED) is 0.382. The highest BCUT2D eigenvalue weighted by molar-refractivity contribution is 8.68. The van der Waals surface area contributed by atoms with Gasteiger partial charge in [-0.05, 0) is 18.4 Å². The lowest BCUT2D eigenvalue weighted by atomic mass is 10.5. The average Bonchev–Trinajstić information content (AvgIpc) is 2.00. The molecule has 0 heterocycles. The van der Waals surface area contributed by atoms with Gasteiger partial charge in [-0.1, -0.05) is 0 Å². The van der Waals surface area contributed by atoms with Crippen LogP contribution >= 0.6 is 47.7 Å². The fourth-order valence-electron chi connectivity index (χ4n) is 0.333. The Morgan fingerprint density at radius 2 is 1.73 bits per heavy atom. The summed E-state index contributed by atoms with van der Waals surface area (Å²) in [5.41, 5.74) is 0.